The normalized spacial score (nSPS) is 10.7. The van der Waals surface area contributed by atoms with Gasteiger partial charge in [-0.2, -0.15) is 0 Å². The van der Waals surface area contributed by atoms with Gasteiger partial charge in [0.1, 0.15) is 0 Å². The van der Waals surface area contributed by atoms with Crippen molar-refractivity contribution in [3.63, 3.8) is 0 Å². The van der Waals surface area contributed by atoms with E-state index in [-0.39, 0.29) is 5.91 Å². The van der Waals surface area contributed by atoms with Crippen LogP contribution in [0.2, 0.25) is 5.02 Å². The van der Waals surface area contributed by atoms with Crippen LogP contribution in [-0.4, -0.2) is 44.5 Å². The average molecular weight is 270 g/mol. The lowest BCUT2D eigenvalue weighted by atomic mass is 10.3. The molecule has 5 heteroatoms. The Morgan fingerprint density at radius 1 is 1.44 bits per heavy atom. The largest absolute Gasteiger partial charge is 0.325 e. The summed E-state index contributed by atoms with van der Waals surface area (Å²) in [4.78, 5) is 13.8. The number of hydrogen-bond acceptors (Lipinski definition) is 3. The predicted molar refractivity (Wildman–Crippen MR) is 76.1 cm³/mol. The number of likely N-dealkylation sites (N-methyl/N-ethyl adjacent to an activating group) is 1. The fourth-order valence-electron chi connectivity index (χ4n) is 1.62. The number of hydrogen-bond donors (Lipinski definition) is 2. The molecule has 1 aromatic carbocycles. The number of nitrogens with zero attached hydrogens (tertiary/aromatic N) is 1. The van der Waals surface area contributed by atoms with Crippen LogP contribution in [-0.2, 0) is 4.79 Å². The summed E-state index contributed by atoms with van der Waals surface area (Å²) in [5.41, 5.74) is 0.733. The molecule has 0 aliphatic rings. The minimum atomic E-state index is -0.0239. The van der Waals surface area contributed by atoms with Gasteiger partial charge in [0, 0.05) is 10.7 Å². The molecular weight excluding hydrogens is 250 g/mol. The van der Waals surface area contributed by atoms with Crippen LogP contribution >= 0.6 is 11.6 Å². The van der Waals surface area contributed by atoms with Crippen LogP contribution in [0.5, 0.6) is 0 Å². The molecule has 0 aliphatic carbocycles. The summed E-state index contributed by atoms with van der Waals surface area (Å²) in [6.07, 6.45) is 1.03. The third-order valence-electron chi connectivity index (χ3n) is 2.49. The minimum absolute atomic E-state index is 0.0239. The highest BCUT2D eigenvalue weighted by Gasteiger charge is 2.06. The molecule has 0 radical (unpaired) electrons. The van der Waals surface area contributed by atoms with Crippen molar-refractivity contribution in [1.82, 2.24) is 10.2 Å². The Balaban J connectivity index is 2.32. The van der Waals surface area contributed by atoms with Crippen molar-refractivity contribution in [2.75, 3.05) is 39.0 Å². The summed E-state index contributed by atoms with van der Waals surface area (Å²) in [5, 5.41) is 6.52. The van der Waals surface area contributed by atoms with Gasteiger partial charge < -0.3 is 10.6 Å². The first-order chi connectivity index (χ1) is 8.61. The Morgan fingerprint density at radius 3 is 2.89 bits per heavy atom. The second-order valence-electron chi connectivity index (χ2n) is 4.25. The Labute approximate surface area is 113 Å². The van der Waals surface area contributed by atoms with E-state index in [1.807, 2.05) is 31.1 Å². The van der Waals surface area contributed by atoms with Crippen LogP contribution in [0.25, 0.3) is 0 Å². The quantitative estimate of drug-likeness (QED) is 0.742. The molecule has 0 unspecified atom stereocenters. The van der Waals surface area contributed by atoms with E-state index in [4.69, 9.17) is 11.6 Å². The fourth-order valence-corrected chi connectivity index (χ4v) is 1.81. The van der Waals surface area contributed by atoms with E-state index in [1.54, 1.807) is 12.1 Å². The first-order valence-electron chi connectivity index (χ1n) is 6.00. The van der Waals surface area contributed by atoms with Gasteiger partial charge in [-0.15, -0.1) is 0 Å². The number of nitrogens with one attached hydrogen (secondary N) is 2. The molecule has 100 valence electrons. The summed E-state index contributed by atoms with van der Waals surface area (Å²) in [6, 6.07) is 7.15. The van der Waals surface area contributed by atoms with Crippen LogP contribution in [0, 0.1) is 0 Å². The van der Waals surface area contributed by atoms with Gasteiger partial charge in [0.25, 0.3) is 0 Å². The van der Waals surface area contributed by atoms with Gasteiger partial charge in [-0.05, 0) is 51.8 Å². The SMILES string of the molecule is CNCCCN(C)CC(=O)Nc1cccc(Cl)c1. The second kappa shape index (κ2) is 8.08. The molecule has 0 saturated heterocycles. The van der Waals surface area contributed by atoms with Gasteiger partial charge in [-0.25, -0.2) is 0 Å². The molecule has 0 aromatic heterocycles. The van der Waals surface area contributed by atoms with Gasteiger partial charge in [0.2, 0.25) is 5.91 Å². The van der Waals surface area contributed by atoms with E-state index in [1.165, 1.54) is 0 Å². The zero-order valence-electron chi connectivity index (χ0n) is 10.9. The van der Waals surface area contributed by atoms with Crippen LogP contribution in [0.4, 0.5) is 5.69 Å². The van der Waals surface area contributed by atoms with Gasteiger partial charge in [-0.1, -0.05) is 17.7 Å². The van der Waals surface area contributed by atoms with Crippen molar-refractivity contribution in [3.05, 3.63) is 29.3 Å². The zero-order chi connectivity index (χ0) is 13.4. The molecule has 1 rings (SSSR count). The Morgan fingerprint density at radius 2 is 2.22 bits per heavy atom. The van der Waals surface area contributed by atoms with Crippen molar-refractivity contribution in [1.29, 1.82) is 0 Å². The second-order valence-corrected chi connectivity index (χ2v) is 4.69. The highest BCUT2D eigenvalue weighted by Crippen LogP contribution is 2.14. The molecule has 18 heavy (non-hydrogen) atoms. The van der Waals surface area contributed by atoms with E-state index in [2.05, 4.69) is 10.6 Å². The Bertz CT molecular complexity index is 384. The molecular formula is C13H20ClN3O. The summed E-state index contributed by atoms with van der Waals surface area (Å²) in [5.74, 6) is -0.0239. The number of benzene rings is 1. The van der Waals surface area contributed by atoms with Gasteiger partial charge in [0.05, 0.1) is 6.54 Å². The molecule has 1 amide bonds. The van der Waals surface area contributed by atoms with Crippen molar-refractivity contribution in [3.8, 4) is 0 Å². The number of carbonyl (C=O) groups excluding carboxylic acids is 1. The summed E-state index contributed by atoms with van der Waals surface area (Å²) in [6.45, 7) is 2.24. The van der Waals surface area contributed by atoms with E-state index in [0.29, 0.717) is 11.6 Å². The first-order valence-corrected chi connectivity index (χ1v) is 6.38. The van der Waals surface area contributed by atoms with Crippen LogP contribution < -0.4 is 10.6 Å². The third kappa shape index (κ3) is 6.00. The van der Waals surface area contributed by atoms with Crippen LogP contribution in [0.15, 0.2) is 24.3 Å². The van der Waals surface area contributed by atoms with Crippen molar-refractivity contribution < 1.29 is 4.79 Å². The summed E-state index contributed by atoms with van der Waals surface area (Å²) >= 11 is 5.85. The molecule has 0 heterocycles. The van der Waals surface area contributed by atoms with E-state index >= 15 is 0 Å². The number of rotatable bonds is 7. The summed E-state index contributed by atoms with van der Waals surface area (Å²) < 4.78 is 0. The van der Waals surface area contributed by atoms with E-state index < -0.39 is 0 Å². The van der Waals surface area contributed by atoms with Gasteiger partial charge in [0.15, 0.2) is 0 Å². The standard InChI is InChI=1S/C13H20ClN3O/c1-15-7-4-8-17(2)10-13(18)16-12-6-3-5-11(14)9-12/h3,5-6,9,15H,4,7-8,10H2,1-2H3,(H,16,18). The van der Waals surface area contributed by atoms with Crippen molar-refractivity contribution in [2.45, 2.75) is 6.42 Å². The smallest absolute Gasteiger partial charge is 0.238 e. The number of halogens is 1. The molecule has 0 bridgehead atoms. The average Bonchev–Trinajstić information content (AvgIpc) is 2.29. The maximum absolute atomic E-state index is 11.8. The fraction of sp³-hybridized carbons (Fsp3) is 0.462. The monoisotopic (exact) mass is 269 g/mol. The Hall–Kier alpha value is -1.10. The highest BCUT2D eigenvalue weighted by atomic mass is 35.5. The summed E-state index contributed by atoms with van der Waals surface area (Å²) in [7, 11) is 3.86. The van der Waals surface area contributed by atoms with Gasteiger partial charge in [-0.3, -0.25) is 9.69 Å². The Kier molecular flexibility index (Phi) is 6.72. The molecule has 0 fully saturated rings. The molecule has 0 atom stereocenters. The van der Waals surface area contributed by atoms with Crippen LogP contribution in [0.3, 0.4) is 0 Å². The maximum atomic E-state index is 11.8. The third-order valence-corrected chi connectivity index (χ3v) is 2.72. The lowest BCUT2D eigenvalue weighted by molar-refractivity contribution is -0.117. The molecule has 4 nitrogen and oxygen atoms in total. The predicted octanol–water partition coefficient (Wildman–Crippen LogP) is 1.82. The molecule has 0 spiro atoms. The topological polar surface area (TPSA) is 44.4 Å². The highest BCUT2D eigenvalue weighted by molar-refractivity contribution is 6.30. The van der Waals surface area contributed by atoms with E-state index in [9.17, 15) is 4.79 Å². The molecule has 1 aromatic rings. The first kappa shape index (κ1) is 15.0. The van der Waals surface area contributed by atoms with E-state index in [0.717, 1.165) is 25.2 Å². The zero-order valence-corrected chi connectivity index (χ0v) is 11.6. The van der Waals surface area contributed by atoms with Gasteiger partial charge >= 0.3 is 0 Å². The molecule has 0 aliphatic heterocycles. The maximum Gasteiger partial charge on any atom is 0.238 e. The van der Waals surface area contributed by atoms with Crippen molar-refractivity contribution in [2.24, 2.45) is 0 Å². The molecule has 2 N–H and O–H groups in total. The lowest BCUT2D eigenvalue weighted by Gasteiger charge is -2.16. The number of carbonyl (C=O) groups is 1. The number of anilines is 1. The number of amides is 1. The lowest BCUT2D eigenvalue weighted by Crippen LogP contribution is -2.31. The van der Waals surface area contributed by atoms with Crippen LogP contribution in [0.1, 0.15) is 6.42 Å². The van der Waals surface area contributed by atoms with Crippen molar-refractivity contribution >= 4 is 23.2 Å². The molecule has 0 saturated carbocycles. The minimum Gasteiger partial charge on any atom is -0.325 e.